The third-order valence-corrected chi connectivity index (χ3v) is 2.93. The molecule has 0 fully saturated rings. The molecule has 0 radical (unpaired) electrons. The third kappa shape index (κ3) is 1.76. The summed E-state index contributed by atoms with van der Waals surface area (Å²) >= 11 is 0. The summed E-state index contributed by atoms with van der Waals surface area (Å²) in [5.74, 6) is 0.216. The zero-order chi connectivity index (χ0) is 12.5. The van der Waals surface area contributed by atoms with Crippen molar-refractivity contribution in [2.75, 3.05) is 0 Å². The van der Waals surface area contributed by atoms with Crippen LogP contribution in [-0.2, 0) is 0 Å². The molecule has 0 aliphatic rings. The fourth-order valence-electron chi connectivity index (χ4n) is 2.08. The Hall–Kier alpha value is -2.55. The second-order valence-corrected chi connectivity index (χ2v) is 4.14. The Morgan fingerprint density at radius 1 is 0.944 bits per heavy atom. The number of aromatic amines is 1. The molecule has 3 nitrogen and oxygen atoms in total. The van der Waals surface area contributed by atoms with Crippen molar-refractivity contribution in [3.63, 3.8) is 0 Å². The molecular weight excluding hydrogens is 226 g/mol. The van der Waals surface area contributed by atoms with E-state index in [1.165, 1.54) is 0 Å². The van der Waals surface area contributed by atoms with E-state index in [0.29, 0.717) is 0 Å². The number of para-hydroxylation sites is 1. The molecule has 88 valence electrons. The minimum Gasteiger partial charge on any atom is -0.508 e. The molecule has 2 aromatic carbocycles. The van der Waals surface area contributed by atoms with Crippen LogP contribution in [0.1, 0.15) is 0 Å². The SMILES string of the molecule is O=c1cc(-c2ccc(O)cc2)c2ccccc2[nH]1. The van der Waals surface area contributed by atoms with Gasteiger partial charge in [-0.15, -0.1) is 0 Å². The Kier molecular flexibility index (Phi) is 2.38. The number of phenolic OH excluding ortho intramolecular Hbond substituents is 1. The van der Waals surface area contributed by atoms with Crippen LogP contribution in [0.15, 0.2) is 59.4 Å². The van der Waals surface area contributed by atoms with Gasteiger partial charge in [-0.25, -0.2) is 0 Å². The van der Waals surface area contributed by atoms with Gasteiger partial charge < -0.3 is 10.1 Å². The first kappa shape index (κ1) is 10.6. The lowest BCUT2D eigenvalue weighted by Crippen LogP contribution is -2.04. The summed E-state index contributed by atoms with van der Waals surface area (Å²) in [4.78, 5) is 14.4. The standard InChI is InChI=1S/C15H11NO2/c17-11-7-5-10(6-8-11)13-9-15(18)16-14-4-2-1-3-12(13)14/h1-9,17H,(H,16,18). The molecule has 0 aliphatic heterocycles. The van der Waals surface area contributed by atoms with Crippen LogP contribution >= 0.6 is 0 Å². The van der Waals surface area contributed by atoms with Gasteiger partial charge in [-0.2, -0.15) is 0 Å². The van der Waals surface area contributed by atoms with Crippen LogP contribution in [0.3, 0.4) is 0 Å². The summed E-state index contributed by atoms with van der Waals surface area (Å²) in [5, 5.41) is 10.3. The number of rotatable bonds is 1. The molecule has 2 N–H and O–H groups in total. The first-order chi connectivity index (χ1) is 8.74. The Morgan fingerprint density at radius 3 is 2.44 bits per heavy atom. The van der Waals surface area contributed by atoms with E-state index in [1.54, 1.807) is 30.3 Å². The largest absolute Gasteiger partial charge is 0.508 e. The first-order valence-electron chi connectivity index (χ1n) is 5.65. The normalized spacial score (nSPS) is 10.7. The van der Waals surface area contributed by atoms with Crippen LogP contribution in [0.2, 0.25) is 0 Å². The average Bonchev–Trinajstić information content (AvgIpc) is 2.38. The fraction of sp³-hybridized carbons (Fsp3) is 0. The number of aromatic nitrogens is 1. The molecule has 0 aliphatic carbocycles. The van der Waals surface area contributed by atoms with Crippen molar-refractivity contribution in [1.82, 2.24) is 4.98 Å². The maximum absolute atomic E-state index is 11.6. The average molecular weight is 237 g/mol. The smallest absolute Gasteiger partial charge is 0.249 e. The maximum atomic E-state index is 11.6. The lowest BCUT2D eigenvalue weighted by molar-refractivity contribution is 0.475. The fourth-order valence-corrected chi connectivity index (χ4v) is 2.08. The molecule has 0 amide bonds. The highest BCUT2D eigenvalue weighted by atomic mass is 16.3. The van der Waals surface area contributed by atoms with Gasteiger partial charge in [0.25, 0.3) is 0 Å². The van der Waals surface area contributed by atoms with Crippen molar-refractivity contribution in [2.45, 2.75) is 0 Å². The van der Waals surface area contributed by atoms with Gasteiger partial charge in [0.1, 0.15) is 5.75 Å². The number of H-pyrrole nitrogens is 1. The summed E-state index contributed by atoms with van der Waals surface area (Å²) in [6, 6.07) is 16.1. The molecule has 0 saturated carbocycles. The molecule has 18 heavy (non-hydrogen) atoms. The van der Waals surface area contributed by atoms with Crippen LogP contribution in [0.25, 0.3) is 22.0 Å². The summed E-state index contributed by atoms with van der Waals surface area (Å²) in [6.45, 7) is 0. The maximum Gasteiger partial charge on any atom is 0.249 e. The minimum absolute atomic E-state index is 0.128. The molecule has 1 aromatic heterocycles. The summed E-state index contributed by atoms with van der Waals surface area (Å²) in [5.41, 5.74) is 2.47. The number of benzene rings is 2. The van der Waals surface area contributed by atoms with Crippen molar-refractivity contribution in [1.29, 1.82) is 0 Å². The number of phenols is 1. The van der Waals surface area contributed by atoms with Gasteiger partial charge in [-0.1, -0.05) is 30.3 Å². The van der Waals surface area contributed by atoms with Gasteiger partial charge in [-0.3, -0.25) is 4.79 Å². The number of pyridine rings is 1. The van der Waals surface area contributed by atoms with Crippen molar-refractivity contribution >= 4 is 10.9 Å². The monoisotopic (exact) mass is 237 g/mol. The highest BCUT2D eigenvalue weighted by Crippen LogP contribution is 2.27. The molecule has 0 spiro atoms. The summed E-state index contributed by atoms with van der Waals surface area (Å²) in [7, 11) is 0. The topological polar surface area (TPSA) is 53.1 Å². The van der Waals surface area contributed by atoms with Crippen LogP contribution in [0.4, 0.5) is 0 Å². The second kappa shape index (κ2) is 4.04. The number of fused-ring (bicyclic) bond motifs is 1. The molecule has 0 atom stereocenters. The van der Waals surface area contributed by atoms with Crippen molar-refractivity contribution in [2.24, 2.45) is 0 Å². The van der Waals surface area contributed by atoms with Crippen LogP contribution in [-0.4, -0.2) is 10.1 Å². The molecule has 3 rings (SSSR count). The number of aromatic hydroxyl groups is 1. The second-order valence-electron chi connectivity index (χ2n) is 4.14. The van der Waals surface area contributed by atoms with E-state index in [9.17, 15) is 9.90 Å². The third-order valence-electron chi connectivity index (χ3n) is 2.93. The molecule has 3 heteroatoms. The Labute approximate surface area is 103 Å². The summed E-state index contributed by atoms with van der Waals surface area (Å²) < 4.78 is 0. The lowest BCUT2D eigenvalue weighted by Gasteiger charge is -2.06. The van der Waals surface area contributed by atoms with E-state index in [-0.39, 0.29) is 11.3 Å². The Morgan fingerprint density at radius 2 is 1.67 bits per heavy atom. The molecule has 0 bridgehead atoms. The van der Waals surface area contributed by atoms with Gasteiger partial charge in [0.2, 0.25) is 5.56 Å². The van der Waals surface area contributed by atoms with E-state index >= 15 is 0 Å². The van der Waals surface area contributed by atoms with Gasteiger partial charge in [0.15, 0.2) is 0 Å². The van der Waals surface area contributed by atoms with E-state index in [2.05, 4.69) is 4.98 Å². The predicted molar refractivity (Wildman–Crippen MR) is 71.7 cm³/mol. The summed E-state index contributed by atoms with van der Waals surface area (Å²) in [6.07, 6.45) is 0. The predicted octanol–water partition coefficient (Wildman–Crippen LogP) is 2.90. The highest BCUT2D eigenvalue weighted by Gasteiger charge is 2.05. The molecule has 1 heterocycles. The number of hydrogen-bond donors (Lipinski definition) is 2. The van der Waals surface area contributed by atoms with Crippen molar-refractivity contribution in [3.05, 3.63) is 65.0 Å². The molecule has 0 unspecified atom stereocenters. The van der Waals surface area contributed by atoms with Gasteiger partial charge >= 0.3 is 0 Å². The van der Waals surface area contributed by atoms with Crippen LogP contribution in [0.5, 0.6) is 5.75 Å². The number of hydrogen-bond acceptors (Lipinski definition) is 2. The van der Waals surface area contributed by atoms with Crippen molar-refractivity contribution < 1.29 is 5.11 Å². The van der Waals surface area contributed by atoms with E-state index in [0.717, 1.165) is 22.0 Å². The van der Waals surface area contributed by atoms with Gasteiger partial charge in [0.05, 0.1) is 0 Å². The van der Waals surface area contributed by atoms with Gasteiger partial charge in [0, 0.05) is 17.0 Å². The van der Waals surface area contributed by atoms with Crippen LogP contribution < -0.4 is 5.56 Å². The van der Waals surface area contributed by atoms with Crippen molar-refractivity contribution in [3.8, 4) is 16.9 Å². The zero-order valence-corrected chi connectivity index (χ0v) is 9.55. The number of nitrogens with one attached hydrogen (secondary N) is 1. The zero-order valence-electron chi connectivity index (χ0n) is 9.55. The molecule has 3 aromatic rings. The van der Waals surface area contributed by atoms with E-state index < -0.39 is 0 Å². The van der Waals surface area contributed by atoms with E-state index in [4.69, 9.17) is 0 Å². The van der Waals surface area contributed by atoms with Gasteiger partial charge in [-0.05, 0) is 29.3 Å². The highest BCUT2D eigenvalue weighted by molar-refractivity contribution is 5.94. The quantitative estimate of drug-likeness (QED) is 0.683. The lowest BCUT2D eigenvalue weighted by atomic mass is 10.0. The van der Waals surface area contributed by atoms with E-state index in [1.807, 2.05) is 24.3 Å². The minimum atomic E-state index is -0.128. The van der Waals surface area contributed by atoms with Crippen LogP contribution in [0, 0.1) is 0 Å². The Bertz CT molecular complexity index is 757. The molecular formula is C15H11NO2. The Balaban J connectivity index is 2.34. The first-order valence-corrected chi connectivity index (χ1v) is 5.65. The molecule has 0 saturated heterocycles.